The number of nitrogens with one attached hydrogen (secondary N) is 1. The molecule has 24 heavy (non-hydrogen) atoms. The predicted molar refractivity (Wildman–Crippen MR) is 91.2 cm³/mol. The fourth-order valence-electron chi connectivity index (χ4n) is 2.60. The Balaban J connectivity index is 1.81. The Bertz CT molecular complexity index is 768. The second-order valence-electron chi connectivity index (χ2n) is 5.48. The fraction of sp³-hybridized carbons (Fsp3) is 0.375. The number of nitrogens with zero attached hydrogens (tertiary/aromatic N) is 3. The minimum atomic E-state index is -0.485. The first-order valence-corrected chi connectivity index (χ1v) is 8.48. The number of hydrogen-bond acceptors (Lipinski definition) is 6. The molecule has 3 rings (SSSR count). The minimum absolute atomic E-state index is 0.113. The number of likely N-dealkylation sites (tertiary alicyclic amines) is 1. The van der Waals surface area contributed by atoms with Gasteiger partial charge in [0, 0.05) is 19.3 Å². The number of carbonyl (C=O) groups is 2. The van der Waals surface area contributed by atoms with Crippen molar-refractivity contribution in [2.45, 2.75) is 19.8 Å². The molecule has 2 aromatic heterocycles. The van der Waals surface area contributed by atoms with Gasteiger partial charge in [0.25, 0.3) is 0 Å². The molecule has 7 nitrogen and oxygen atoms in total. The summed E-state index contributed by atoms with van der Waals surface area (Å²) in [5, 5.41) is 3.40. The summed E-state index contributed by atoms with van der Waals surface area (Å²) in [6.45, 7) is 3.45. The largest absolute Gasteiger partial charge is 0.464 e. The summed E-state index contributed by atoms with van der Waals surface area (Å²) in [6.07, 6.45) is 3.65. The van der Waals surface area contributed by atoms with Crippen LogP contribution in [-0.4, -0.2) is 47.1 Å². The van der Waals surface area contributed by atoms with Gasteiger partial charge in [0.15, 0.2) is 5.13 Å². The van der Waals surface area contributed by atoms with Crippen LogP contribution in [0.5, 0.6) is 0 Å². The van der Waals surface area contributed by atoms with Crippen LogP contribution in [0.15, 0.2) is 18.3 Å². The minimum Gasteiger partial charge on any atom is -0.464 e. The van der Waals surface area contributed by atoms with Crippen molar-refractivity contribution in [3.63, 3.8) is 0 Å². The number of thiazole rings is 1. The SMILES string of the molecule is COC(=O)c1cc(-c2sc(NC(=O)N3CCCC3)nc2C)ccn1. The van der Waals surface area contributed by atoms with Gasteiger partial charge in [0.1, 0.15) is 5.69 Å². The van der Waals surface area contributed by atoms with Crippen LogP contribution >= 0.6 is 11.3 Å². The van der Waals surface area contributed by atoms with Crippen LogP contribution in [-0.2, 0) is 4.74 Å². The average molecular weight is 346 g/mol. The number of aryl methyl sites for hydroxylation is 1. The highest BCUT2D eigenvalue weighted by molar-refractivity contribution is 7.19. The molecular weight excluding hydrogens is 328 g/mol. The smallest absolute Gasteiger partial charge is 0.356 e. The molecule has 0 saturated carbocycles. The van der Waals surface area contributed by atoms with Gasteiger partial charge in [0.05, 0.1) is 17.7 Å². The Labute approximate surface area is 143 Å². The fourth-order valence-corrected chi connectivity index (χ4v) is 3.55. The van der Waals surface area contributed by atoms with Crippen molar-refractivity contribution in [3.8, 4) is 10.4 Å². The maximum Gasteiger partial charge on any atom is 0.356 e. The van der Waals surface area contributed by atoms with Crippen molar-refractivity contribution in [2.24, 2.45) is 0 Å². The number of anilines is 1. The van der Waals surface area contributed by atoms with Crippen molar-refractivity contribution in [1.82, 2.24) is 14.9 Å². The lowest BCUT2D eigenvalue weighted by Gasteiger charge is -2.14. The van der Waals surface area contributed by atoms with Crippen molar-refractivity contribution >= 4 is 28.5 Å². The summed E-state index contributed by atoms with van der Waals surface area (Å²) in [5.41, 5.74) is 1.85. The Hall–Kier alpha value is -2.48. The Kier molecular flexibility index (Phi) is 4.75. The first-order valence-electron chi connectivity index (χ1n) is 7.66. The topological polar surface area (TPSA) is 84.4 Å². The molecule has 126 valence electrons. The van der Waals surface area contributed by atoms with Crippen LogP contribution in [0.25, 0.3) is 10.4 Å². The molecule has 1 fully saturated rings. The van der Waals surface area contributed by atoms with Crippen LogP contribution < -0.4 is 5.32 Å². The summed E-state index contributed by atoms with van der Waals surface area (Å²) >= 11 is 1.38. The molecule has 0 bridgehead atoms. The van der Waals surface area contributed by atoms with E-state index in [2.05, 4.69) is 15.3 Å². The van der Waals surface area contributed by atoms with Gasteiger partial charge < -0.3 is 9.64 Å². The number of esters is 1. The lowest BCUT2D eigenvalue weighted by Crippen LogP contribution is -2.32. The highest BCUT2D eigenvalue weighted by atomic mass is 32.1. The number of ether oxygens (including phenoxy) is 1. The Morgan fingerprint density at radius 3 is 2.79 bits per heavy atom. The molecule has 0 atom stereocenters. The van der Waals surface area contributed by atoms with E-state index in [1.807, 2.05) is 6.92 Å². The third-order valence-corrected chi connectivity index (χ3v) is 4.94. The second kappa shape index (κ2) is 6.96. The molecule has 0 spiro atoms. The van der Waals surface area contributed by atoms with Gasteiger partial charge in [-0.1, -0.05) is 11.3 Å². The van der Waals surface area contributed by atoms with Crippen molar-refractivity contribution in [1.29, 1.82) is 0 Å². The van der Waals surface area contributed by atoms with Gasteiger partial charge in [0.2, 0.25) is 0 Å². The number of hydrogen-bond donors (Lipinski definition) is 1. The van der Waals surface area contributed by atoms with Gasteiger partial charge in [-0.25, -0.2) is 19.6 Å². The van der Waals surface area contributed by atoms with Gasteiger partial charge >= 0.3 is 12.0 Å². The molecular formula is C16H18N4O3S. The molecule has 0 aliphatic carbocycles. The lowest BCUT2D eigenvalue weighted by molar-refractivity contribution is 0.0594. The maximum absolute atomic E-state index is 12.2. The summed E-state index contributed by atoms with van der Waals surface area (Å²) in [5.74, 6) is -0.485. The molecule has 2 amide bonds. The van der Waals surface area contributed by atoms with Crippen LogP contribution in [0, 0.1) is 6.92 Å². The predicted octanol–water partition coefficient (Wildman–Crippen LogP) is 2.93. The maximum atomic E-state index is 12.2. The van der Waals surface area contributed by atoms with E-state index in [0.29, 0.717) is 5.13 Å². The second-order valence-corrected chi connectivity index (χ2v) is 6.48. The van der Waals surface area contributed by atoms with E-state index in [4.69, 9.17) is 4.74 Å². The van der Waals surface area contributed by atoms with E-state index < -0.39 is 5.97 Å². The van der Waals surface area contributed by atoms with E-state index in [9.17, 15) is 9.59 Å². The summed E-state index contributed by atoms with van der Waals surface area (Å²) in [7, 11) is 1.32. The molecule has 2 aromatic rings. The molecule has 3 heterocycles. The van der Waals surface area contributed by atoms with E-state index in [1.165, 1.54) is 18.4 Å². The van der Waals surface area contributed by atoms with E-state index >= 15 is 0 Å². The molecule has 1 aliphatic rings. The number of aromatic nitrogens is 2. The molecule has 1 saturated heterocycles. The zero-order chi connectivity index (χ0) is 17.1. The first kappa shape index (κ1) is 16.4. The Morgan fingerprint density at radius 2 is 2.08 bits per heavy atom. The molecule has 0 aromatic carbocycles. The average Bonchev–Trinajstić information content (AvgIpc) is 3.24. The third-order valence-electron chi connectivity index (χ3n) is 3.82. The van der Waals surface area contributed by atoms with Crippen molar-refractivity contribution in [3.05, 3.63) is 29.7 Å². The van der Waals surface area contributed by atoms with E-state index in [1.54, 1.807) is 23.2 Å². The quantitative estimate of drug-likeness (QED) is 0.864. The zero-order valence-corrected chi connectivity index (χ0v) is 14.4. The molecule has 0 radical (unpaired) electrons. The normalized spacial score (nSPS) is 13.8. The standard InChI is InChI=1S/C16H18N4O3S/c1-10-13(11-5-6-17-12(9-11)14(21)23-2)24-15(18-10)19-16(22)20-7-3-4-8-20/h5-6,9H,3-4,7-8H2,1-2H3,(H,18,19,22). The monoisotopic (exact) mass is 346 g/mol. The summed E-state index contributed by atoms with van der Waals surface area (Å²) in [4.78, 5) is 34.9. The van der Waals surface area contributed by atoms with E-state index in [-0.39, 0.29) is 11.7 Å². The van der Waals surface area contributed by atoms with Crippen LogP contribution in [0.1, 0.15) is 29.0 Å². The third kappa shape index (κ3) is 3.38. The zero-order valence-electron chi connectivity index (χ0n) is 13.5. The summed E-state index contributed by atoms with van der Waals surface area (Å²) in [6, 6.07) is 3.36. The lowest BCUT2D eigenvalue weighted by atomic mass is 10.2. The molecule has 1 aliphatic heterocycles. The molecule has 8 heteroatoms. The number of urea groups is 1. The summed E-state index contributed by atoms with van der Waals surface area (Å²) < 4.78 is 4.70. The van der Waals surface area contributed by atoms with Gasteiger partial charge in [-0.05, 0) is 37.5 Å². The van der Waals surface area contributed by atoms with Crippen LogP contribution in [0.2, 0.25) is 0 Å². The van der Waals surface area contributed by atoms with Crippen molar-refractivity contribution < 1.29 is 14.3 Å². The number of carbonyl (C=O) groups excluding carboxylic acids is 2. The van der Waals surface area contributed by atoms with Gasteiger partial charge in [-0.15, -0.1) is 0 Å². The number of pyridine rings is 1. The number of methoxy groups -OCH3 is 1. The number of rotatable bonds is 3. The highest BCUT2D eigenvalue weighted by Crippen LogP contribution is 2.33. The van der Waals surface area contributed by atoms with Crippen LogP contribution in [0.3, 0.4) is 0 Å². The van der Waals surface area contributed by atoms with Crippen molar-refractivity contribution in [2.75, 3.05) is 25.5 Å². The molecule has 1 N–H and O–H groups in total. The first-order chi connectivity index (χ1) is 11.6. The highest BCUT2D eigenvalue weighted by Gasteiger charge is 2.20. The number of amides is 2. The van der Waals surface area contributed by atoms with Gasteiger partial charge in [-0.2, -0.15) is 0 Å². The van der Waals surface area contributed by atoms with Gasteiger partial charge in [-0.3, -0.25) is 5.32 Å². The van der Waals surface area contributed by atoms with E-state index in [0.717, 1.165) is 42.1 Å². The molecule has 0 unspecified atom stereocenters. The van der Waals surface area contributed by atoms with Crippen LogP contribution in [0.4, 0.5) is 9.93 Å². The Morgan fingerprint density at radius 1 is 1.33 bits per heavy atom.